The molecule has 3 aromatic carbocycles. The Morgan fingerprint density at radius 3 is 1.50 bits per heavy atom. The minimum Gasteiger partial charge on any atom is -0.443 e. The largest absolute Gasteiger partial charge is 0.443 e. The van der Waals surface area contributed by atoms with E-state index in [9.17, 15) is 57.5 Å². The summed E-state index contributed by atoms with van der Waals surface area (Å²) in [5.41, 5.74) is 8.91. The van der Waals surface area contributed by atoms with Gasteiger partial charge in [-0.2, -0.15) is 0 Å². The number of hydrogen-bond acceptors (Lipinski definition) is 17. The van der Waals surface area contributed by atoms with Gasteiger partial charge in [0.1, 0.15) is 52.1 Å². The Morgan fingerprint density at radius 1 is 0.574 bits per heavy atom. The molecule has 1 aliphatic rings. The fraction of sp³-hybridized carbons (Fsp3) is 0.426. The van der Waals surface area contributed by atoms with E-state index < -0.39 is 117 Å². The molecule has 0 radical (unpaired) electrons. The molecule has 12 rings (SSSR count). The number of aliphatic hydroxyl groups is 1. The van der Waals surface area contributed by atoms with Crippen LogP contribution in [-0.2, 0) is 73.5 Å². The van der Waals surface area contributed by atoms with E-state index in [1.54, 1.807) is 78.5 Å². The first-order valence-electron chi connectivity index (χ1n) is 43.4. The third-order valence-corrected chi connectivity index (χ3v) is 42.3. The molecule has 11 aromatic rings. The van der Waals surface area contributed by atoms with Crippen LogP contribution in [0.5, 0.6) is 0 Å². The summed E-state index contributed by atoms with van der Waals surface area (Å²) in [6.07, 6.45) is 15.1. The Kier molecular flexibility index (Phi) is 35.6. The number of nitrogens with one attached hydrogen (secondary N) is 4. The number of rotatable bonds is 34. The second kappa shape index (κ2) is 44.5. The van der Waals surface area contributed by atoms with Crippen molar-refractivity contribution >= 4 is 132 Å². The molecule has 8 aromatic heterocycles. The van der Waals surface area contributed by atoms with Gasteiger partial charge < -0.3 is 23.6 Å². The van der Waals surface area contributed by atoms with Crippen LogP contribution < -0.4 is 23.6 Å². The van der Waals surface area contributed by atoms with Crippen molar-refractivity contribution < 1.29 is 71.0 Å². The number of nitrogens with zero attached hydrogens (tertiary/aromatic N) is 9. The zero-order chi connectivity index (χ0) is 95.0. The van der Waals surface area contributed by atoms with Crippen molar-refractivity contribution in [2.75, 3.05) is 47.4 Å². The molecule has 0 saturated heterocycles. The normalized spacial score (nSPS) is 13.5. The van der Waals surface area contributed by atoms with Crippen molar-refractivity contribution in [1.29, 1.82) is 0 Å². The number of aliphatic hydroxyl groups excluding tert-OH is 1. The summed E-state index contributed by atoms with van der Waals surface area (Å²) in [7, 11) is -15.0. The number of alkyl halides is 1. The highest BCUT2D eigenvalue weighted by molar-refractivity contribution is 14.1. The Labute approximate surface area is 770 Å². The van der Waals surface area contributed by atoms with E-state index in [0.717, 1.165) is 103 Å². The van der Waals surface area contributed by atoms with Crippen LogP contribution in [0.15, 0.2) is 159 Å². The van der Waals surface area contributed by atoms with Crippen LogP contribution in [0.2, 0.25) is 33.2 Å². The third kappa shape index (κ3) is 25.0. The Balaban J connectivity index is 0.000000200. The number of hydrogen-bond donors (Lipinski definition) is 5. The van der Waals surface area contributed by atoms with E-state index in [2.05, 4.69) is 172 Å². The summed E-state index contributed by atoms with van der Waals surface area (Å²) >= 11 is 2.59. The van der Waals surface area contributed by atoms with Crippen molar-refractivity contribution in [3.8, 4) is 0 Å². The minimum atomic E-state index is -3.83. The summed E-state index contributed by atoms with van der Waals surface area (Å²) < 4.78 is 178. The Morgan fingerprint density at radius 2 is 1.05 bits per heavy atom. The van der Waals surface area contributed by atoms with Gasteiger partial charge in [0, 0.05) is 124 Å². The number of aromatic nitrogens is 8. The first kappa shape index (κ1) is 103. The SMILES string of the molecule is CC(C)[Si](C(C)C)(C(C)C)N1CC(I)c2cccnc21.CCCS(=O)(=O)Nc1ccc(F)c(CCc2ccc(C(O)c3cn([Si](C(C)C)(C(C)C)C(C)C)c4ncccc34)cn2)c1F.CCCS(=O)(=O)Nc1ccc(F)c(CCc2ccc(Cc3c[nH]c4ncccc34)cn2)c1F.CCCS(=O)(=O)Nc1ccc(F)c(CN(C(=O)OC(C)(C)C)c2ccc(C=O)cn2)c1F. The van der Waals surface area contributed by atoms with Crippen LogP contribution in [0.3, 0.4) is 0 Å². The molecule has 696 valence electrons. The Bertz CT molecular complexity index is 5990. The summed E-state index contributed by atoms with van der Waals surface area (Å²) in [6, 6.07) is 28.4. The van der Waals surface area contributed by atoms with Crippen LogP contribution >= 0.6 is 22.6 Å². The van der Waals surface area contributed by atoms with Gasteiger partial charge in [-0.15, -0.1) is 0 Å². The number of halogens is 7. The van der Waals surface area contributed by atoms with Crippen LogP contribution in [0, 0.1) is 34.9 Å². The number of H-pyrrole nitrogens is 1. The fourth-order valence-corrected chi connectivity index (χ4v) is 36.0. The van der Waals surface area contributed by atoms with Crippen molar-refractivity contribution in [2.45, 2.75) is 231 Å². The van der Waals surface area contributed by atoms with E-state index in [1.165, 1.54) is 29.7 Å². The molecular weight excluding hydrogens is 1860 g/mol. The lowest BCUT2D eigenvalue weighted by Gasteiger charge is -2.50. The summed E-state index contributed by atoms with van der Waals surface area (Å²) in [4.78, 5) is 54.5. The van der Waals surface area contributed by atoms with E-state index in [-0.39, 0.29) is 70.4 Å². The first-order chi connectivity index (χ1) is 60.8. The molecule has 0 saturated carbocycles. The summed E-state index contributed by atoms with van der Waals surface area (Å²) in [5.74, 6) is -4.70. The predicted octanol–water partition coefficient (Wildman–Crippen LogP) is 22.3. The van der Waals surface area contributed by atoms with Gasteiger partial charge in [-0.1, -0.05) is 145 Å². The topological polar surface area (TPSA) is 307 Å². The lowest BCUT2D eigenvalue weighted by molar-refractivity contribution is 0.0575. The maximum Gasteiger partial charge on any atom is 0.416 e. The average Bonchev–Trinajstić information content (AvgIpc) is 1.59. The molecule has 2 atom stereocenters. The van der Waals surface area contributed by atoms with E-state index in [4.69, 9.17) is 14.7 Å². The van der Waals surface area contributed by atoms with E-state index in [1.807, 2.05) is 48.8 Å². The fourth-order valence-electron chi connectivity index (χ4n) is 17.9. The number of sulfonamides is 3. The van der Waals surface area contributed by atoms with Gasteiger partial charge in [-0.25, -0.2) is 76.3 Å². The molecule has 9 heterocycles. The zero-order valence-electron chi connectivity index (χ0n) is 76.4. The van der Waals surface area contributed by atoms with Crippen molar-refractivity contribution in [1.82, 2.24) is 39.1 Å². The number of anilines is 5. The van der Waals surface area contributed by atoms with Crippen molar-refractivity contribution in [3.05, 3.63) is 255 Å². The lowest BCUT2D eigenvalue weighted by Crippen LogP contribution is -2.60. The number of amides is 1. The Hall–Kier alpha value is -9.67. The maximum absolute atomic E-state index is 15.1. The molecule has 0 aliphatic carbocycles. The van der Waals surface area contributed by atoms with E-state index >= 15 is 8.78 Å². The molecule has 0 bridgehead atoms. The second-order valence-electron chi connectivity index (χ2n) is 35.1. The monoisotopic (exact) mass is 1980 g/mol. The predicted molar refractivity (Wildman–Crippen MR) is 516 cm³/mol. The highest BCUT2D eigenvalue weighted by Gasteiger charge is 2.52. The number of fused-ring (bicyclic) bond motifs is 3. The molecule has 1 aliphatic heterocycles. The summed E-state index contributed by atoms with van der Waals surface area (Å²) in [5, 5.41) is 13.6. The van der Waals surface area contributed by atoms with Gasteiger partial charge in [0.25, 0.3) is 0 Å². The van der Waals surface area contributed by atoms with Gasteiger partial charge in [-0.3, -0.25) is 33.8 Å². The van der Waals surface area contributed by atoms with E-state index in [0.29, 0.717) is 75.9 Å². The number of carbonyl (C=O) groups excluding carboxylic acids is 2. The third-order valence-electron chi connectivity index (χ3n) is 23.2. The lowest BCUT2D eigenvalue weighted by atomic mass is 10.0. The second-order valence-corrected chi connectivity index (χ2v) is 53.6. The van der Waals surface area contributed by atoms with Crippen molar-refractivity contribution in [3.63, 3.8) is 0 Å². The number of aldehydes is 1. The van der Waals surface area contributed by atoms with Gasteiger partial charge in [0.05, 0.1) is 44.8 Å². The highest BCUT2D eigenvalue weighted by atomic mass is 127. The molecule has 0 spiro atoms. The molecule has 129 heavy (non-hydrogen) atoms. The number of benzene rings is 3. The van der Waals surface area contributed by atoms with Crippen LogP contribution in [-0.4, -0.2) is 128 Å². The van der Waals surface area contributed by atoms with Crippen molar-refractivity contribution in [2.24, 2.45) is 0 Å². The molecule has 2 unspecified atom stereocenters. The number of aromatic amines is 1. The van der Waals surface area contributed by atoms with Gasteiger partial charge >= 0.3 is 6.09 Å². The highest BCUT2D eigenvalue weighted by Crippen LogP contribution is 2.52. The number of aryl methyl sites for hydroxylation is 2. The van der Waals surface area contributed by atoms with Crippen LogP contribution in [0.1, 0.15) is 220 Å². The molecule has 0 fully saturated rings. The maximum atomic E-state index is 15.1. The number of ether oxygens (including phenoxy) is 1. The van der Waals surface area contributed by atoms with Crippen LogP contribution in [0.4, 0.5) is 59.8 Å². The molecule has 23 nitrogen and oxygen atoms in total. The van der Waals surface area contributed by atoms with Gasteiger partial charge in [0.2, 0.25) is 30.1 Å². The quantitative estimate of drug-likeness (QED) is 0.00823. The number of pyridine rings is 6. The van der Waals surface area contributed by atoms with Gasteiger partial charge in [-0.05, 0) is 201 Å². The summed E-state index contributed by atoms with van der Waals surface area (Å²) in [6.45, 7) is 38.7. The molecular formula is C94H120F6IN13O10S3Si2. The smallest absolute Gasteiger partial charge is 0.416 e. The standard InChI is InChI=1S/C33H44F2N4O3SSi.C24H24F2N4O2S.C21H25F2N3O5S.C16H27IN2Si/c1-8-18-43(41,42)38-30-16-15-29(34)27(31(30)35)14-13-25-12-11-24(19-37-25)32(40)28-20-39(33-26(28)10-9-17-36-33)44(21(2)3,22(4)5)23(6)7;1-2-12-33(31,32)30-22-10-9-21(25)20(23(22)26)8-7-18-6-5-16(14-28-18)13-17-15-29-24-19(17)4-3-11-27-24;1-5-10-32(29,30)25-17-8-7-16(22)15(19(17)23)12-26(20(28)31-21(2,3)4)18-9-6-14(13-27)11-24-18;1-11(2)20(12(3)4,13(5)6)19-10-15(17)14-8-7-9-18-16(14)19/h9-12,15-17,19-23,32,38,40H,8,13-14,18H2,1-7H3;3-6,9-11,14-15,30H,2,7-8,12-13H2,1H3,(H,27,29);6-9,11,13,25H,5,10,12H2,1-4H3;7-9,11-13,15H,10H2,1-6H3. The van der Waals surface area contributed by atoms with Gasteiger partial charge in [0.15, 0.2) is 40.2 Å². The first-order valence-corrected chi connectivity index (χ1v) is 54.0. The average molecular weight is 1990 g/mol. The molecule has 35 heteroatoms. The van der Waals surface area contributed by atoms with Crippen LogP contribution in [0.25, 0.3) is 22.1 Å². The number of carbonyl (C=O) groups is 2. The molecule has 5 N–H and O–H groups in total. The zero-order valence-corrected chi connectivity index (χ0v) is 83.0. The molecule has 1 amide bonds. The minimum absolute atomic E-state index is 0.0125.